The number of nitrogens with zero attached hydrogens (tertiary/aromatic N) is 1. The fraction of sp³-hybridized carbons (Fsp3) is 0.944. The Bertz CT molecular complexity index is 384. The molecule has 4 rings (SSSR count). The summed E-state index contributed by atoms with van der Waals surface area (Å²) in [6.45, 7) is 2.20. The molecule has 0 aromatic heterocycles. The molecule has 118 valence electrons. The summed E-state index contributed by atoms with van der Waals surface area (Å²) in [5.74, 6) is 2.81. The molecule has 0 spiro atoms. The molecule has 4 aliphatic rings. The SMILES string of the molecule is CCCC1NC(C2CCCC2)N(C(C2CC2)C2CC2)C1=O. The minimum atomic E-state index is 0.112. The van der Waals surface area contributed by atoms with Crippen LogP contribution in [0.1, 0.15) is 71.1 Å². The molecule has 0 aromatic carbocycles. The molecule has 3 heteroatoms. The molecule has 1 saturated heterocycles. The predicted octanol–water partition coefficient (Wildman–Crippen LogP) is 3.29. The molecule has 3 nitrogen and oxygen atoms in total. The maximum Gasteiger partial charge on any atom is 0.241 e. The van der Waals surface area contributed by atoms with Crippen molar-refractivity contribution in [2.24, 2.45) is 17.8 Å². The highest BCUT2D eigenvalue weighted by molar-refractivity contribution is 5.84. The fourth-order valence-corrected chi connectivity index (χ4v) is 4.85. The summed E-state index contributed by atoms with van der Waals surface area (Å²) in [7, 11) is 0. The van der Waals surface area contributed by atoms with Gasteiger partial charge in [-0.3, -0.25) is 10.1 Å². The van der Waals surface area contributed by atoms with Gasteiger partial charge < -0.3 is 4.90 Å². The molecule has 4 fully saturated rings. The van der Waals surface area contributed by atoms with Crippen LogP contribution >= 0.6 is 0 Å². The van der Waals surface area contributed by atoms with E-state index in [4.69, 9.17) is 0 Å². The van der Waals surface area contributed by atoms with E-state index < -0.39 is 0 Å². The van der Waals surface area contributed by atoms with Crippen LogP contribution in [-0.2, 0) is 4.79 Å². The van der Waals surface area contributed by atoms with Gasteiger partial charge in [0.2, 0.25) is 5.91 Å². The van der Waals surface area contributed by atoms with Crippen molar-refractivity contribution in [3.8, 4) is 0 Å². The molecule has 0 bridgehead atoms. The van der Waals surface area contributed by atoms with Gasteiger partial charge in [0.15, 0.2) is 0 Å². The van der Waals surface area contributed by atoms with Crippen molar-refractivity contribution in [2.45, 2.75) is 89.4 Å². The second kappa shape index (κ2) is 5.57. The van der Waals surface area contributed by atoms with Crippen molar-refractivity contribution in [3.05, 3.63) is 0 Å². The van der Waals surface area contributed by atoms with Crippen molar-refractivity contribution in [3.63, 3.8) is 0 Å². The fourth-order valence-electron chi connectivity index (χ4n) is 4.85. The van der Waals surface area contributed by atoms with Crippen LogP contribution in [0.15, 0.2) is 0 Å². The highest BCUT2D eigenvalue weighted by Crippen LogP contribution is 2.49. The summed E-state index contributed by atoms with van der Waals surface area (Å²) in [5.41, 5.74) is 0. The van der Waals surface area contributed by atoms with Gasteiger partial charge in [-0.2, -0.15) is 0 Å². The van der Waals surface area contributed by atoms with Crippen LogP contribution in [0.25, 0.3) is 0 Å². The first-order valence-electron chi connectivity index (χ1n) is 9.37. The molecule has 0 radical (unpaired) electrons. The Kier molecular flexibility index (Phi) is 3.72. The molecule has 2 unspecified atom stereocenters. The zero-order chi connectivity index (χ0) is 14.4. The van der Waals surface area contributed by atoms with Crippen LogP contribution in [0.3, 0.4) is 0 Å². The average Bonchev–Trinajstić information content (AvgIpc) is 3.40. The number of carbonyl (C=O) groups is 1. The third-order valence-electron chi connectivity index (χ3n) is 6.18. The number of carbonyl (C=O) groups excluding carboxylic acids is 1. The lowest BCUT2D eigenvalue weighted by atomic mass is 9.99. The first-order chi connectivity index (χ1) is 10.3. The van der Waals surface area contributed by atoms with Crippen LogP contribution < -0.4 is 5.32 Å². The average molecular weight is 290 g/mol. The topological polar surface area (TPSA) is 32.3 Å². The zero-order valence-electron chi connectivity index (χ0n) is 13.4. The van der Waals surface area contributed by atoms with E-state index in [1.54, 1.807) is 0 Å². The second-order valence-electron chi connectivity index (χ2n) is 7.91. The molecule has 0 aromatic rings. The Hall–Kier alpha value is -0.570. The summed E-state index contributed by atoms with van der Waals surface area (Å²) in [6, 6.07) is 0.693. The van der Waals surface area contributed by atoms with E-state index in [1.165, 1.54) is 51.4 Å². The molecule has 1 N–H and O–H groups in total. The van der Waals surface area contributed by atoms with E-state index in [0.29, 0.717) is 18.1 Å². The summed E-state index contributed by atoms with van der Waals surface area (Å²) in [5, 5.41) is 3.76. The number of rotatable bonds is 6. The third kappa shape index (κ3) is 2.62. The van der Waals surface area contributed by atoms with Crippen LogP contribution in [0, 0.1) is 17.8 Å². The molecule has 21 heavy (non-hydrogen) atoms. The summed E-state index contributed by atoms with van der Waals surface area (Å²) in [6.07, 6.45) is 13.3. The monoisotopic (exact) mass is 290 g/mol. The highest BCUT2D eigenvalue weighted by atomic mass is 16.2. The van der Waals surface area contributed by atoms with Crippen molar-refractivity contribution < 1.29 is 4.79 Å². The highest BCUT2D eigenvalue weighted by Gasteiger charge is 2.53. The van der Waals surface area contributed by atoms with Crippen LogP contribution in [0.4, 0.5) is 0 Å². The Labute approximate surface area is 128 Å². The zero-order valence-corrected chi connectivity index (χ0v) is 13.4. The van der Waals surface area contributed by atoms with Crippen molar-refractivity contribution >= 4 is 5.91 Å². The first kappa shape index (κ1) is 14.0. The maximum atomic E-state index is 13.0. The molecule has 1 amide bonds. The number of amides is 1. The van der Waals surface area contributed by atoms with E-state index in [-0.39, 0.29) is 6.04 Å². The number of nitrogens with one attached hydrogen (secondary N) is 1. The van der Waals surface area contributed by atoms with Gasteiger partial charge in [0.05, 0.1) is 12.2 Å². The molecule has 1 aliphatic heterocycles. The van der Waals surface area contributed by atoms with E-state index >= 15 is 0 Å². The molecule has 2 atom stereocenters. The van der Waals surface area contributed by atoms with E-state index in [9.17, 15) is 4.79 Å². The smallest absolute Gasteiger partial charge is 0.241 e. The second-order valence-corrected chi connectivity index (χ2v) is 7.91. The summed E-state index contributed by atoms with van der Waals surface area (Å²) >= 11 is 0. The van der Waals surface area contributed by atoms with E-state index in [1.807, 2.05) is 0 Å². The quantitative estimate of drug-likeness (QED) is 0.814. The maximum absolute atomic E-state index is 13.0. The van der Waals surface area contributed by atoms with Gasteiger partial charge in [0.1, 0.15) is 0 Å². The lowest BCUT2D eigenvalue weighted by molar-refractivity contribution is -0.134. The van der Waals surface area contributed by atoms with Crippen LogP contribution in [-0.4, -0.2) is 29.1 Å². The normalized spacial score (nSPS) is 34.4. The van der Waals surface area contributed by atoms with Gasteiger partial charge in [0.25, 0.3) is 0 Å². The Balaban J connectivity index is 1.57. The molecule has 3 aliphatic carbocycles. The van der Waals surface area contributed by atoms with E-state index in [2.05, 4.69) is 17.1 Å². The molecule has 1 heterocycles. The standard InChI is InChI=1S/C18H30N2O/c1-2-5-15-18(21)20(16(12-8-9-12)13-10-11-13)17(19-15)14-6-3-4-7-14/h12-17,19H,2-11H2,1H3. The van der Waals surface area contributed by atoms with Gasteiger partial charge >= 0.3 is 0 Å². The molecular formula is C18H30N2O. The lowest BCUT2D eigenvalue weighted by Gasteiger charge is -2.36. The largest absolute Gasteiger partial charge is 0.322 e. The van der Waals surface area contributed by atoms with Crippen LogP contribution in [0.2, 0.25) is 0 Å². The van der Waals surface area contributed by atoms with Crippen molar-refractivity contribution in [1.29, 1.82) is 0 Å². The molecular weight excluding hydrogens is 260 g/mol. The number of hydrogen-bond donors (Lipinski definition) is 1. The predicted molar refractivity (Wildman–Crippen MR) is 83.7 cm³/mol. The lowest BCUT2D eigenvalue weighted by Crippen LogP contribution is -2.50. The van der Waals surface area contributed by atoms with Crippen molar-refractivity contribution in [1.82, 2.24) is 10.2 Å². The van der Waals surface area contributed by atoms with Gasteiger partial charge in [-0.25, -0.2) is 0 Å². The van der Waals surface area contributed by atoms with Gasteiger partial charge in [-0.1, -0.05) is 26.2 Å². The van der Waals surface area contributed by atoms with Crippen molar-refractivity contribution in [2.75, 3.05) is 0 Å². The minimum absolute atomic E-state index is 0.112. The first-order valence-corrected chi connectivity index (χ1v) is 9.37. The Morgan fingerprint density at radius 2 is 1.71 bits per heavy atom. The van der Waals surface area contributed by atoms with Gasteiger partial charge in [-0.15, -0.1) is 0 Å². The minimum Gasteiger partial charge on any atom is -0.322 e. The van der Waals surface area contributed by atoms with Crippen LogP contribution in [0.5, 0.6) is 0 Å². The summed E-state index contributed by atoms with van der Waals surface area (Å²) in [4.78, 5) is 15.4. The van der Waals surface area contributed by atoms with E-state index in [0.717, 1.165) is 30.6 Å². The number of hydrogen-bond acceptors (Lipinski definition) is 2. The third-order valence-corrected chi connectivity index (χ3v) is 6.18. The Morgan fingerprint density at radius 3 is 2.24 bits per heavy atom. The Morgan fingerprint density at radius 1 is 1.10 bits per heavy atom. The van der Waals surface area contributed by atoms with Gasteiger partial charge in [-0.05, 0) is 62.7 Å². The summed E-state index contributed by atoms with van der Waals surface area (Å²) < 4.78 is 0. The van der Waals surface area contributed by atoms with Gasteiger partial charge in [0, 0.05) is 6.04 Å². The molecule has 3 saturated carbocycles.